The largest absolute Gasteiger partial charge is 0.484 e. The fourth-order valence-electron chi connectivity index (χ4n) is 3.65. The summed E-state index contributed by atoms with van der Waals surface area (Å²) in [6.07, 6.45) is 2.30. The van der Waals surface area contributed by atoms with Crippen molar-refractivity contribution in [2.45, 2.75) is 26.3 Å². The number of anilines is 1. The summed E-state index contributed by atoms with van der Waals surface area (Å²) in [4.78, 5) is 26.9. The number of hydrogen-bond acceptors (Lipinski definition) is 5. The fourth-order valence-corrected chi connectivity index (χ4v) is 3.65. The number of benzene rings is 2. The van der Waals surface area contributed by atoms with E-state index in [1.54, 1.807) is 36.4 Å². The highest BCUT2D eigenvalue weighted by Crippen LogP contribution is 2.18. The molecule has 0 aliphatic carbocycles. The standard InChI is InChI=1S/C26H31N3O4/c1-3-29(4-2)22(16-20-10-6-5-7-11-20)18-27-25(30)19-33-23-13-8-12-21(17-23)28-26(31)24-14-9-15-32-24/h5-15,17,22H,3-4,16,18-19H2,1-2H3,(H,27,30)(H,28,31). The quantitative estimate of drug-likeness (QED) is 0.437. The molecule has 0 fully saturated rings. The van der Waals surface area contributed by atoms with Gasteiger partial charge >= 0.3 is 0 Å². The van der Waals surface area contributed by atoms with Crippen LogP contribution >= 0.6 is 0 Å². The summed E-state index contributed by atoms with van der Waals surface area (Å²) in [5.41, 5.74) is 1.80. The summed E-state index contributed by atoms with van der Waals surface area (Å²) in [6, 6.07) is 20.6. The lowest BCUT2D eigenvalue weighted by atomic mass is 10.0. The number of rotatable bonds is 12. The Labute approximate surface area is 194 Å². The molecule has 0 spiro atoms. The van der Waals surface area contributed by atoms with Gasteiger partial charge in [0.15, 0.2) is 12.4 Å². The van der Waals surface area contributed by atoms with Gasteiger partial charge < -0.3 is 19.8 Å². The normalized spacial score (nSPS) is 11.7. The van der Waals surface area contributed by atoms with Gasteiger partial charge in [0.2, 0.25) is 0 Å². The lowest BCUT2D eigenvalue weighted by molar-refractivity contribution is -0.123. The Morgan fingerprint density at radius 1 is 1.00 bits per heavy atom. The van der Waals surface area contributed by atoms with Gasteiger partial charge in [-0.05, 0) is 49.3 Å². The van der Waals surface area contributed by atoms with Crippen molar-refractivity contribution < 1.29 is 18.7 Å². The van der Waals surface area contributed by atoms with Crippen molar-refractivity contribution in [2.24, 2.45) is 0 Å². The van der Waals surface area contributed by atoms with Crippen LogP contribution in [0.15, 0.2) is 77.4 Å². The van der Waals surface area contributed by atoms with Crippen LogP contribution in [0.5, 0.6) is 5.75 Å². The molecule has 174 valence electrons. The van der Waals surface area contributed by atoms with Crippen LogP contribution in [0.3, 0.4) is 0 Å². The Kier molecular flexibility index (Phi) is 9.08. The SMILES string of the molecule is CCN(CC)C(CNC(=O)COc1cccc(NC(=O)c2ccco2)c1)Cc1ccccc1. The Bertz CT molecular complexity index is 1000. The highest BCUT2D eigenvalue weighted by molar-refractivity contribution is 6.02. The summed E-state index contributed by atoms with van der Waals surface area (Å²) >= 11 is 0. The number of ether oxygens (including phenoxy) is 1. The second-order valence-electron chi connectivity index (χ2n) is 7.62. The highest BCUT2D eigenvalue weighted by atomic mass is 16.5. The van der Waals surface area contributed by atoms with Crippen molar-refractivity contribution in [3.63, 3.8) is 0 Å². The van der Waals surface area contributed by atoms with Crippen LogP contribution in [0.1, 0.15) is 30.0 Å². The van der Waals surface area contributed by atoms with Gasteiger partial charge in [-0.25, -0.2) is 0 Å². The number of carbonyl (C=O) groups is 2. The number of furan rings is 1. The van der Waals surface area contributed by atoms with Crippen molar-refractivity contribution in [3.05, 3.63) is 84.3 Å². The van der Waals surface area contributed by atoms with Crippen LogP contribution in [0.2, 0.25) is 0 Å². The van der Waals surface area contributed by atoms with Crippen LogP contribution in [0, 0.1) is 0 Å². The third-order valence-corrected chi connectivity index (χ3v) is 5.38. The Morgan fingerprint density at radius 3 is 2.48 bits per heavy atom. The topological polar surface area (TPSA) is 83.8 Å². The van der Waals surface area contributed by atoms with Crippen LogP contribution in [0.4, 0.5) is 5.69 Å². The minimum absolute atomic E-state index is 0.105. The van der Waals surface area contributed by atoms with E-state index in [0.717, 1.165) is 19.5 Å². The van der Waals surface area contributed by atoms with Crippen molar-refractivity contribution in [3.8, 4) is 5.75 Å². The summed E-state index contributed by atoms with van der Waals surface area (Å²) < 4.78 is 10.7. The summed E-state index contributed by atoms with van der Waals surface area (Å²) in [5.74, 6) is 0.173. The molecule has 0 bridgehead atoms. The molecule has 0 aliphatic rings. The molecule has 1 heterocycles. The third-order valence-electron chi connectivity index (χ3n) is 5.38. The minimum Gasteiger partial charge on any atom is -0.484 e. The van der Waals surface area contributed by atoms with E-state index < -0.39 is 0 Å². The average Bonchev–Trinajstić information content (AvgIpc) is 3.38. The number of likely N-dealkylation sites (N-methyl/N-ethyl adjacent to an activating group) is 1. The monoisotopic (exact) mass is 449 g/mol. The zero-order chi connectivity index (χ0) is 23.5. The fraction of sp³-hybridized carbons (Fsp3) is 0.308. The van der Waals surface area contributed by atoms with E-state index in [1.165, 1.54) is 11.8 Å². The van der Waals surface area contributed by atoms with Gasteiger partial charge in [-0.3, -0.25) is 14.5 Å². The first-order chi connectivity index (χ1) is 16.1. The van der Waals surface area contributed by atoms with E-state index >= 15 is 0 Å². The van der Waals surface area contributed by atoms with E-state index in [-0.39, 0.29) is 30.2 Å². The van der Waals surface area contributed by atoms with Crippen molar-refractivity contribution in [1.29, 1.82) is 0 Å². The van der Waals surface area contributed by atoms with Gasteiger partial charge in [0, 0.05) is 24.3 Å². The van der Waals surface area contributed by atoms with Gasteiger partial charge in [-0.2, -0.15) is 0 Å². The molecule has 0 saturated heterocycles. The van der Waals surface area contributed by atoms with Crippen molar-refractivity contribution in [2.75, 3.05) is 31.6 Å². The number of carbonyl (C=O) groups excluding carboxylic acids is 2. The summed E-state index contributed by atoms with van der Waals surface area (Å²) in [5, 5.41) is 5.74. The molecule has 0 radical (unpaired) electrons. The van der Waals surface area contributed by atoms with E-state index in [1.807, 2.05) is 18.2 Å². The van der Waals surface area contributed by atoms with Gasteiger partial charge in [-0.1, -0.05) is 50.2 Å². The molecule has 1 atom stereocenters. The van der Waals surface area contributed by atoms with Crippen LogP contribution in [-0.4, -0.2) is 49.0 Å². The summed E-state index contributed by atoms with van der Waals surface area (Å²) in [7, 11) is 0. The lowest BCUT2D eigenvalue weighted by Crippen LogP contribution is -2.46. The maximum atomic E-state index is 12.5. The predicted octanol–water partition coefficient (Wildman–Crippen LogP) is 3.98. The average molecular weight is 450 g/mol. The maximum absolute atomic E-state index is 12.5. The third kappa shape index (κ3) is 7.50. The molecule has 3 aromatic rings. The molecular formula is C26H31N3O4. The maximum Gasteiger partial charge on any atom is 0.291 e. The molecule has 7 heteroatoms. The van der Waals surface area contributed by atoms with E-state index in [4.69, 9.17) is 9.15 Å². The second kappa shape index (κ2) is 12.5. The van der Waals surface area contributed by atoms with Crippen LogP contribution in [-0.2, 0) is 11.2 Å². The first-order valence-electron chi connectivity index (χ1n) is 11.2. The van der Waals surface area contributed by atoms with Gasteiger partial charge in [-0.15, -0.1) is 0 Å². The van der Waals surface area contributed by atoms with E-state index in [9.17, 15) is 9.59 Å². The Balaban J connectivity index is 1.50. The number of hydrogen-bond donors (Lipinski definition) is 2. The first kappa shape index (κ1) is 24.1. The van der Waals surface area contributed by atoms with Crippen molar-refractivity contribution >= 4 is 17.5 Å². The molecule has 0 saturated carbocycles. The van der Waals surface area contributed by atoms with Crippen LogP contribution < -0.4 is 15.4 Å². The van der Waals surface area contributed by atoms with Gasteiger partial charge in [0.25, 0.3) is 11.8 Å². The predicted molar refractivity (Wildman–Crippen MR) is 128 cm³/mol. The number of nitrogens with zero attached hydrogens (tertiary/aromatic N) is 1. The molecule has 2 amide bonds. The van der Waals surface area contributed by atoms with E-state index in [2.05, 4.69) is 41.5 Å². The Hall–Kier alpha value is -3.58. The van der Waals surface area contributed by atoms with E-state index in [0.29, 0.717) is 18.0 Å². The molecular weight excluding hydrogens is 418 g/mol. The molecule has 2 N–H and O–H groups in total. The highest BCUT2D eigenvalue weighted by Gasteiger charge is 2.17. The lowest BCUT2D eigenvalue weighted by Gasteiger charge is -2.30. The number of nitrogens with one attached hydrogen (secondary N) is 2. The first-order valence-corrected chi connectivity index (χ1v) is 11.2. The molecule has 2 aromatic carbocycles. The second-order valence-corrected chi connectivity index (χ2v) is 7.62. The zero-order valence-electron chi connectivity index (χ0n) is 19.1. The Morgan fingerprint density at radius 2 is 1.79 bits per heavy atom. The number of amides is 2. The smallest absolute Gasteiger partial charge is 0.291 e. The molecule has 1 unspecified atom stereocenters. The molecule has 0 aliphatic heterocycles. The van der Waals surface area contributed by atoms with Gasteiger partial charge in [0.05, 0.1) is 6.26 Å². The molecule has 3 rings (SSSR count). The van der Waals surface area contributed by atoms with Gasteiger partial charge in [0.1, 0.15) is 5.75 Å². The molecule has 7 nitrogen and oxygen atoms in total. The van der Waals surface area contributed by atoms with Crippen LogP contribution in [0.25, 0.3) is 0 Å². The van der Waals surface area contributed by atoms with Crippen molar-refractivity contribution in [1.82, 2.24) is 10.2 Å². The minimum atomic E-state index is -0.351. The summed E-state index contributed by atoms with van der Waals surface area (Å²) in [6.45, 7) is 6.52. The zero-order valence-corrected chi connectivity index (χ0v) is 19.1. The molecule has 33 heavy (non-hydrogen) atoms. The molecule has 1 aromatic heterocycles.